The van der Waals surface area contributed by atoms with E-state index in [-0.39, 0.29) is 24.3 Å². The van der Waals surface area contributed by atoms with Crippen molar-refractivity contribution in [3.63, 3.8) is 0 Å². The summed E-state index contributed by atoms with van der Waals surface area (Å²) in [5.74, 6) is -1.11. The van der Waals surface area contributed by atoms with E-state index in [0.717, 1.165) is 4.88 Å². The van der Waals surface area contributed by atoms with E-state index < -0.39 is 11.4 Å². The maximum Gasteiger partial charge on any atom is 0.310 e. The van der Waals surface area contributed by atoms with Gasteiger partial charge in [-0.1, -0.05) is 19.9 Å². The first kappa shape index (κ1) is 17.7. The van der Waals surface area contributed by atoms with E-state index in [2.05, 4.69) is 0 Å². The minimum atomic E-state index is -1.03. The number of hydrogen-bond acceptors (Lipinski definition) is 3. The standard InChI is InChI=1S/C16H25NO3S/c1-11(2)16(5,15(19)20)9-14(18)17(12(3)4)10-13-7-6-8-21-13/h6-8,11-12H,9-10H2,1-5H3,(H,19,20). The molecule has 118 valence electrons. The molecule has 0 aliphatic carbocycles. The van der Waals surface area contributed by atoms with Crippen molar-refractivity contribution in [1.82, 2.24) is 4.90 Å². The average molecular weight is 311 g/mol. The molecule has 0 aromatic carbocycles. The Labute approximate surface area is 130 Å². The summed E-state index contributed by atoms with van der Waals surface area (Å²) < 4.78 is 0. The molecule has 0 saturated carbocycles. The second-order valence-corrected chi connectivity index (χ2v) is 7.28. The lowest BCUT2D eigenvalue weighted by atomic mass is 9.76. The summed E-state index contributed by atoms with van der Waals surface area (Å²) in [5, 5.41) is 11.4. The molecule has 1 aromatic heterocycles. The second kappa shape index (κ2) is 7.07. The number of aliphatic carboxylic acids is 1. The van der Waals surface area contributed by atoms with E-state index in [1.54, 1.807) is 23.2 Å². The van der Waals surface area contributed by atoms with E-state index in [0.29, 0.717) is 6.54 Å². The van der Waals surface area contributed by atoms with Gasteiger partial charge in [0, 0.05) is 17.3 Å². The molecule has 1 heterocycles. The normalized spacial score (nSPS) is 14.2. The highest BCUT2D eigenvalue weighted by Gasteiger charge is 2.40. The first-order valence-corrected chi connectivity index (χ1v) is 8.11. The molecule has 0 saturated heterocycles. The molecular weight excluding hydrogens is 286 g/mol. The van der Waals surface area contributed by atoms with Crippen molar-refractivity contribution in [2.75, 3.05) is 0 Å². The smallest absolute Gasteiger partial charge is 0.310 e. The molecule has 21 heavy (non-hydrogen) atoms. The van der Waals surface area contributed by atoms with E-state index in [4.69, 9.17) is 0 Å². The molecule has 0 spiro atoms. The zero-order valence-corrected chi connectivity index (χ0v) is 14.2. The summed E-state index contributed by atoms with van der Waals surface area (Å²) in [4.78, 5) is 27.0. The quantitative estimate of drug-likeness (QED) is 0.836. The lowest BCUT2D eigenvalue weighted by Gasteiger charge is -2.33. The Morgan fingerprint density at radius 1 is 1.33 bits per heavy atom. The summed E-state index contributed by atoms with van der Waals surface area (Å²) >= 11 is 1.61. The monoisotopic (exact) mass is 311 g/mol. The van der Waals surface area contributed by atoms with Gasteiger partial charge in [0.25, 0.3) is 0 Å². The van der Waals surface area contributed by atoms with Crippen LogP contribution < -0.4 is 0 Å². The molecule has 1 unspecified atom stereocenters. The Morgan fingerprint density at radius 3 is 2.33 bits per heavy atom. The predicted molar refractivity (Wildman–Crippen MR) is 85.2 cm³/mol. The van der Waals surface area contributed by atoms with Crippen molar-refractivity contribution in [2.24, 2.45) is 11.3 Å². The highest BCUT2D eigenvalue weighted by Crippen LogP contribution is 2.32. The van der Waals surface area contributed by atoms with Gasteiger partial charge in [0.2, 0.25) is 5.91 Å². The molecule has 4 nitrogen and oxygen atoms in total. The van der Waals surface area contributed by atoms with Gasteiger partial charge in [0.15, 0.2) is 0 Å². The van der Waals surface area contributed by atoms with Gasteiger partial charge in [-0.15, -0.1) is 11.3 Å². The number of nitrogens with zero attached hydrogens (tertiary/aromatic N) is 1. The van der Waals surface area contributed by atoms with Crippen molar-refractivity contribution in [3.8, 4) is 0 Å². The SMILES string of the molecule is CC(C)N(Cc1cccs1)C(=O)CC(C)(C(=O)O)C(C)C. The zero-order valence-electron chi connectivity index (χ0n) is 13.4. The van der Waals surface area contributed by atoms with E-state index in [9.17, 15) is 14.7 Å². The van der Waals surface area contributed by atoms with E-state index in [1.165, 1.54) is 0 Å². The lowest BCUT2D eigenvalue weighted by Crippen LogP contribution is -2.43. The number of thiophene rings is 1. The summed E-state index contributed by atoms with van der Waals surface area (Å²) in [7, 11) is 0. The first-order chi connectivity index (χ1) is 9.68. The molecule has 1 atom stereocenters. The Hall–Kier alpha value is -1.36. The Kier molecular flexibility index (Phi) is 5.96. The molecule has 5 heteroatoms. The van der Waals surface area contributed by atoms with Crippen LogP contribution in [0.5, 0.6) is 0 Å². The minimum Gasteiger partial charge on any atom is -0.481 e. The Bertz CT molecular complexity index is 482. The van der Waals surface area contributed by atoms with Gasteiger partial charge in [-0.2, -0.15) is 0 Å². The number of carbonyl (C=O) groups excluding carboxylic acids is 1. The molecule has 1 rings (SSSR count). The van der Waals surface area contributed by atoms with Crippen LogP contribution in [0.4, 0.5) is 0 Å². The Balaban J connectivity index is 2.89. The maximum atomic E-state index is 12.6. The minimum absolute atomic E-state index is 0.0313. The molecule has 1 aromatic rings. The number of carboxylic acid groups (broad SMARTS) is 1. The largest absolute Gasteiger partial charge is 0.481 e. The van der Waals surface area contributed by atoms with Crippen molar-refractivity contribution in [1.29, 1.82) is 0 Å². The molecule has 1 N–H and O–H groups in total. The fourth-order valence-electron chi connectivity index (χ4n) is 2.07. The summed E-state index contributed by atoms with van der Waals surface area (Å²) in [6.45, 7) is 9.81. The fourth-order valence-corrected chi connectivity index (χ4v) is 2.77. The van der Waals surface area contributed by atoms with E-state index >= 15 is 0 Å². The molecule has 0 fully saturated rings. The van der Waals surface area contributed by atoms with Crippen LogP contribution in [0.2, 0.25) is 0 Å². The fraction of sp³-hybridized carbons (Fsp3) is 0.625. The maximum absolute atomic E-state index is 12.6. The van der Waals surface area contributed by atoms with Crippen LogP contribution in [0.25, 0.3) is 0 Å². The molecule has 0 radical (unpaired) electrons. The van der Waals surface area contributed by atoms with Gasteiger partial charge < -0.3 is 10.0 Å². The number of carboxylic acids is 1. The topological polar surface area (TPSA) is 57.6 Å². The van der Waals surface area contributed by atoms with Crippen LogP contribution in [-0.2, 0) is 16.1 Å². The number of amides is 1. The van der Waals surface area contributed by atoms with Crippen LogP contribution >= 0.6 is 11.3 Å². The molecule has 0 aliphatic rings. The molecular formula is C16H25NO3S. The zero-order chi connectivity index (χ0) is 16.2. The predicted octanol–water partition coefficient (Wildman–Crippen LogP) is 3.62. The average Bonchev–Trinajstić information content (AvgIpc) is 2.87. The van der Waals surface area contributed by atoms with Crippen LogP contribution in [0.3, 0.4) is 0 Å². The second-order valence-electron chi connectivity index (χ2n) is 6.25. The van der Waals surface area contributed by atoms with Gasteiger partial charge in [0.1, 0.15) is 0 Å². The third kappa shape index (κ3) is 4.30. The van der Waals surface area contributed by atoms with Crippen molar-refractivity contribution < 1.29 is 14.7 Å². The van der Waals surface area contributed by atoms with Gasteiger partial charge in [-0.05, 0) is 38.1 Å². The highest BCUT2D eigenvalue weighted by molar-refractivity contribution is 7.09. The highest BCUT2D eigenvalue weighted by atomic mass is 32.1. The first-order valence-electron chi connectivity index (χ1n) is 7.23. The lowest BCUT2D eigenvalue weighted by molar-refractivity contribution is -0.156. The van der Waals surface area contributed by atoms with Crippen LogP contribution in [0.15, 0.2) is 17.5 Å². The van der Waals surface area contributed by atoms with Gasteiger partial charge in [0.05, 0.1) is 12.0 Å². The number of rotatable bonds is 7. The molecule has 1 amide bonds. The third-order valence-corrected chi connectivity index (χ3v) is 4.99. The van der Waals surface area contributed by atoms with Crippen LogP contribution in [0, 0.1) is 11.3 Å². The van der Waals surface area contributed by atoms with Crippen molar-refractivity contribution in [3.05, 3.63) is 22.4 Å². The molecule has 0 bridgehead atoms. The van der Waals surface area contributed by atoms with E-state index in [1.807, 2.05) is 45.2 Å². The van der Waals surface area contributed by atoms with Crippen LogP contribution in [-0.4, -0.2) is 27.9 Å². The Morgan fingerprint density at radius 2 is 1.95 bits per heavy atom. The summed E-state index contributed by atoms with van der Waals surface area (Å²) in [6, 6.07) is 4.00. The molecule has 0 aliphatic heterocycles. The van der Waals surface area contributed by atoms with Crippen LogP contribution in [0.1, 0.15) is 45.9 Å². The van der Waals surface area contributed by atoms with Crippen molar-refractivity contribution in [2.45, 2.75) is 53.6 Å². The third-order valence-electron chi connectivity index (χ3n) is 4.13. The van der Waals surface area contributed by atoms with Gasteiger partial charge in [-0.25, -0.2) is 0 Å². The summed E-state index contributed by atoms with van der Waals surface area (Å²) in [6.07, 6.45) is 0.0313. The van der Waals surface area contributed by atoms with Gasteiger partial charge >= 0.3 is 5.97 Å². The summed E-state index contributed by atoms with van der Waals surface area (Å²) in [5.41, 5.74) is -1.03. The number of carbonyl (C=O) groups is 2. The van der Waals surface area contributed by atoms with Gasteiger partial charge in [-0.3, -0.25) is 9.59 Å². The van der Waals surface area contributed by atoms with Crippen molar-refractivity contribution >= 4 is 23.2 Å². The number of hydrogen-bond donors (Lipinski definition) is 1.